The van der Waals surface area contributed by atoms with Gasteiger partial charge in [-0.25, -0.2) is 4.79 Å². The molecule has 2 rings (SSSR count). The van der Waals surface area contributed by atoms with Gasteiger partial charge in [0.25, 0.3) is 5.69 Å². The SMILES string of the molecule is N#Cc1cc([N+](=O)[O-])ccc1Nc1cccc(C(=O)O)c1. The van der Waals surface area contributed by atoms with E-state index in [1.165, 1.54) is 24.3 Å². The molecule has 0 heterocycles. The summed E-state index contributed by atoms with van der Waals surface area (Å²) in [6, 6.07) is 11.7. The van der Waals surface area contributed by atoms with E-state index in [0.29, 0.717) is 11.4 Å². The van der Waals surface area contributed by atoms with Gasteiger partial charge >= 0.3 is 5.97 Å². The van der Waals surface area contributed by atoms with Crippen LogP contribution >= 0.6 is 0 Å². The predicted molar refractivity (Wildman–Crippen MR) is 74.5 cm³/mol. The Balaban J connectivity index is 2.36. The van der Waals surface area contributed by atoms with Gasteiger partial charge in [0.1, 0.15) is 6.07 Å². The van der Waals surface area contributed by atoms with E-state index in [1.54, 1.807) is 12.1 Å². The Bertz CT molecular complexity index is 765. The van der Waals surface area contributed by atoms with Crippen molar-refractivity contribution in [3.63, 3.8) is 0 Å². The summed E-state index contributed by atoms with van der Waals surface area (Å²) in [6.45, 7) is 0. The Hall–Kier alpha value is -3.40. The molecule has 7 heteroatoms. The Morgan fingerprint density at radius 1 is 1.29 bits per heavy atom. The Kier molecular flexibility index (Phi) is 3.81. The van der Waals surface area contributed by atoms with Gasteiger partial charge in [-0.2, -0.15) is 5.26 Å². The summed E-state index contributed by atoms with van der Waals surface area (Å²) in [7, 11) is 0. The predicted octanol–water partition coefficient (Wildman–Crippen LogP) is 2.91. The fourth-order valence-corrected chi connectivity index (χ4v) is 1.73. The number of non-ortho nitro benzene ring substituents is 1. The van der Waals surface area contributed by atoms with Gasteiger partial charge in [-0.1, -0.05) is 6.07 Å². The number of carbonyl (C=O) groups is 1. The van der Waals surface area contributed by atoms with Crippen molar-refractivity contribution in [1.29, 1.82) is 5.26 Å². The molecule has 0 aromatic heterocycles. The van der Waals surface area contributed by atoms with Crippen LogP contribution in [0.4, 0.5) is 17.1 Å². The van der Waals surface area contributed by atoms with E-state index in [4.69, 9.17) is 10.4 Å². The number of rotatable bonds is 4. The van der Waals surface area contributed by atoms with Crippen LogP contribution in [0.1, 0.15) is 15.9 Å². The van der Waals surface area contributed by atoms with Crippen LogP contribution in [0.2, 0.25) is 0 Å². The zero-order valence-corrected chi connectivity index (χ0v) is 10.6. The number of nitrogens with zero attached hydrogens (tertiary/aromatic N) is 2. The van der Waals surface area contributed by atoms with Gasteiger partial charge in [-0.05, 0) is 24.3 Å². The number of aromatic carboxylic acids is 1. The van der Waals surface area contributed by atoms with E-state index in [2.05, 4.69) is 5.32 Å². The Morgan fingerprint density at radius 3 is 2.67 bits per heavy atom. The molecule has 0 fully saturated rings. The fourth-order valence-electron chi connectivity index (χ4n) is 1.73. The summed E-state index contributed by atoms with van der Waals surface area (Å²) >= 11 is 0. The molecular weight excluding hydrogens is 274 g/mol. The Labute approximate surface area is 119 Å². The zero-order chi connectivity index (χ0) is 15.4. The van der Waals surface area contributed by atoms with Crippen molar-refractivity contribution in [2.75, 3.05) is 5.32 Å². The normalized spacial score (nSPS) is 9.67. The van der Waals surface area contributed by atoms with Crippen LogP contribution in [0.25, 0.3) is 0 Å². The van der Waals surface area contributed by atoms with Crippen LogP contribution in [-0.2, 0) is 0 Å². The summed E-state index contributed by atoms with van der Waals surface area (Å²) in [5.74, 6) is -1.07. The van der Waals surface area contributed by atoms with Gasteiger partial charge in [-0.15, -0.1) is 0 Å². The topological polar surface area (TPSA) is 116 Å². The van der Waals surface area contributed by atoms with Crippen molar-refractivity contribution >= 4 is 23.0 Å². The number of anilines is 2. The third-order valence-corrected chi connectivity index (χ3v) is 2.72. The maximum atomic E-state index is 10.9. The van der Waals surface area contributed by atoms with Gasteiger partial charge in [0.05, 0.1) is 21.7 Å². The number of hydrogen-bond donors (Lipinski definition) is 2. The summed E-state index contributed by atoms with van der Waals surface area (Å²) < 4.78 is 0. The van der Waals surface area contributed by atoms with Crippen LogP contribution in [0.5, 0.6) is 0 Å². The summed E-state index contributed by atoms with van der Waals surface area (Å²) in [5, 5.41) is 31.5. The number of nitrogens with one attached hydrogen (secondary N) is 1. The average molecular weight is 283 g/mol. The molecule has 0 saturated carbocycles. The average Bonchev–Trinajstić information content (AvgIpc) is 2.47. The number of nitro benzene ring substituents is 1. The molecular formula is C14H9N3O4. The molecule has 2 aromatic rings. The van der Waals surface area contributed by atoms with Gasteiger partial charge in [0.2, 0.25) is 0 Å². The largest absolute Gasteiger partial charge is 0.478 e. The number of nitriles is 1. The van der Waals surface area contributed by atoms with Crippen LogP contribution < -0.4 is 5.32 Å². The number of carboxylic acid groups (broad SMARTS) is 1. The van der Waals surface area contributed by atoms with Crippen molar-refractivity contribution in [2.45, 2.75) is 0 Å². The van der Waals surface area contributed by atoms with Crippen molar-refractivity contribution in [3.8, 4) is 6.07 Å². The quantitative estimate of drug-likeness (QED) is 0.658. The van der Waals surface area contributed by atoms with Crippen LogP contribution in [0, 0.1) is 21.4 Å². The monoisotopic (exact) mass is 283 g/mol. The highest BCUT2D eigenvalue weighted by Gasteiger charge is 2.11. The van der Waals surface area contributed by atoms with E-state index in [9.17, 15) is 14.9 Å². The molecule has 0 aliphatic rings. The first kappa shape index (κ1) is 14.0. The summed E-state index contributed by atoms with van der Waals surface area (Å²) in [5.41, 5.74) is 0.854. The molecule has 104 valence electrons. The molecule has 0 spiro atoms. The standard InChI is InChI=1S/C14H9N3O4/c15-8-10-7-12(17(20)21)4-5-13(10)16-11-3-1-2-9(6-11)14(18)19/h1-7,16H,(H,18,19). The minimum atomic E-state index is -1.07. The molecule has 0 bridgehead atoms. The van der Waals surface area contributed by atoms with E-state index < -0.39 is 10.9 Å². The fraction of sp³-hybridized carbons (Fsp3) is 0. The first-order valence-electron chi connectivity index (χ1n) is 5.80. The van der Waals surface area contributed by atoms with Gasteiger partial charge < -0.3 is 10.4 Å². The molecule has 0 aliphatic carbocycles. The smallest absolute Gasteiger partial charge is 0.335 e. The maximum Gasteiger partial charge on any atom is 0.335 e. The number of nitro groups is 1. The van der Waals surface area contributed by atoms with Crippen molar-refractivity contribution < 1.29 is 14.8 Å². The van der Waals surface area contributed by atoms with Gasteiger partial charge in [0.15, 0.2) is 0 Å². The molecule has 21 heavy (non-hydrogen) atoms. The molecule has 0 saturated heterocycles. The van der Waals surface area contributed by atoms with Crippen molar-refractivity contribution in [3.05, 3.63) is 63.7 Å². The maximum absolute atomic E-state index is 10.9. The zero-order valence-electron chi connectivity index (χ0n) is 10.6. The highest BCUT2D eigenvalue weighted by Crippen LogP contribution is 2.25. The molecule has 0 amide bonds. The number of benzene rings is 2. The van der Waals surface area contributed by atoms with E-state index in [-0.39, 0.29) is 16.8 Å². The lowest BCUT2D eigenvalue weighted by atomic mass is 10.1. The van der Waals surface area contributed by atoms with Gasteiger partial charge in [-0.3, -0.25) is 10.1 Å². The second kappa shape index (κ2) is 5.71. The highest BCUT2D eigenvalue weighted by atomic mass is 16.6. The second-order valence-electron chi connectivity index (χ2n) is 4.11. The molecule has 7 nitrogen and oxygen atoms in total. The summed E-state index contributed by atoms with van der Waals surface area (Å²) in [4.78, 5) is 21.0. The molecule has 0 aliphatic heterocycles. The van der Waals surface area contributed by atoms with E-state index >= 15 is 0 Å². The lowest BCUT2D eigenvalue weighted by molar-refractivity contribution is -0.384. The van der Waals surface area contributed by atoms with E-state index in [0.717, 1.165) is 6.07 Å². The van der Waals surface area contributed by atoms with Crippen molar-refractivity contribution in [2.24, 2.45) is 0 Å². The molecule has 2 N–H and O–H groups in total. The minimum Gasteiger partial charge on any atom is -0.478 e. The number of hydrogen-bond acceptors (Lipinski definition) is 5. The van der Waals surface area contributed by atoms with E-state index in [1.807, 2.05) is 6.07 Å². The van der Waals surface area contributed by atoms with Gasteiger partial charge in [0, 0.05) is 17.8 Å². The number of carboxylic acids is 1. The molecule has 0 unspecified atom stereocenters. The first-order valence-corrected chi connectivity index (χ1v) is 5.80. The summed E-state index contributed by atoms with van der Waals surface area (Å²) in [6.07, 6.45) is 0. The highest BCUT2D eigenvalue weighted by molar-refractivity contribution is 5.89. The minimum absolute atomic E-state index is 0.0976. The molecule has 0 atom stereocenters. The molecule has 0 radical (unpaired) electrons. The van der Waals surface area contributed by atoms with Crippen LogP contribution in [0.15, 0.2) is 42.5 Å². The third-order valence-electron chi connectivity index (χ3n) is 2.72. The van der Waals surface area contributed by atoms with Crippen LogP contribution in [0.3, 0.4) is 0 Å². The lowest BCUT2D eigenvalue weighted by Crippen LogP contribution is -1.99. The Morgan fingerprint density at radius 2 is 2.05 bits per heavy atom. The van der Waals surface area contributed by atoms with Crippen LogP contribution in [-0.4, -0.2) is 16.0 Å². The third kappa shape index (κ3) is 3.13. The second-order valence-corrected chi connectivity index (χ2v) is 4.11. The van der Waals surface area contributed by atoms with Crippen molar-refractivity contribution in [1.82, 2.24) is 0 Å². The lowest BCUT2D eigenvalue weighted by Gasteiger charge is -2.08. The molecule has 2 aromatic carbocycles. The first-order chi connectivity index (χ1) is 10.0.